The summed E-state index contributed by atoms with van der Waals surface area (Å²) < 4.78 is 26.0. The highest BCUT2D eigenvalue weighted by Gasteiger charge is 2.37. The summed E-state index contributed by atoms with van der Waals surface area (Å²) in [6.45, 7) is 0. The lowest BCUT2D eigenvalue weighted by molar-refractivity contribution is -0.0627. The summed E-state index contributed by atoms with van der Waals surface area (Å²) in [5, 5.41) is 10.7. The van der Waals surface area contributed by atoms with Gasteiger partial charge in [-0.25, -0.2) is 8.78 Å². The number of hydrogen-bond donors (Lipinski definition) is 1. The molecule has 1 aromatic rings. The van der Waals surface area contributed by atoms with E-state index in [1.54, 1.807) is 24.3 Å². The second-order valence-electron chi connectivity index (χ2n) is 4.66. The molecular weight excluding hydrogens is 246 g/mol. The van der Waals surface area contributed by atoms with E-state index in [0.29, 0.717) is 23.4 Å². The van der Waals surface area contributed by atoms with Crippen molar-refractivity contribution in [3.63, 3.8) is 0 Å². The van der Waals surface area contributed by atoms with Crippen LogP contribution in [-0.2, 0) is 0 Å². The van der Waals surface area contributed by atoms with Crippen LogP contribution in [0.4, 0.5) is 8.78 Å². The fraction of sp³-hybridized carbons (Fsp3) is 0.538. The van der Waals surface area contributed by atoms with Gasteiger partial charge in [-0.2, -0.15) is 0 Å². The monoisotopic (exact) mass is 260 g/mol. The fourth-order valence-electron chi connectivity index (χ4n) is 2.35. The predicted octanol–water partition coefficient (Wildman–Crippen LogP) is 4.20. The highest BCUT2D eigenvalue weighted by Crippen LogP contribution is 2.42. The van der Waals surface area contributed by atoms with Gasteiger partial charge in [0.15, 0.2) is 0 Å². The van der Waals surface area contributed by atoms with Crippen LogP contribution in [0.15, 0.2) is 24.3 Å². The molecule has 0 bridgehead atoms. The number of aliphatic hydroxyl groups excluding tert-OH is 1. The maximum atomic E-state index is 13.0. The average molecular weight is 261 g/mol. The van der Waals surface area contributed by atoms with Crippen molar-refractivity contribution in [2.45, 2.75) is 37.7 Å². The molecule has 1 atom stereocenters. The van der Waals surface area contributed by atoms with E-state index in [-0.39, 0.29) is 18.8 Å². The number of benzene rings is 1. The van der Waals surface area contributed by atoms with E-state index in [9.17, 15) is 13.9 Å². The highest BCUT2D eigenvalue weighted by atomic mass is 35.5. The first-order chi connectivity index (χ1) is 7.99. The highest BCUT2D eigenvalue weighted by molar-refractivity contribution is 6.31. The van der Waals surface area contributed by atoms with E-state index in [0.717, 1.165) is 0 Å². The van der Waals surface area contributed by atoms with Crippen molar-refractivity contribution in [2.75, 3.05) is 0 Å². The van der Waals surface area contributed by atoms with Gasteiger partial charge in [-0.3, -0.25) is 0 Å². The van der Waals surface area contributed by atoms with Gasteiger partial charge in [0.1, 0.15) is 0 Å². The molecule has 4 heteroatoms. The molecule has 0 aliphatic heterocycles. The molecule has 94 valence electrons. The van der Waals surface area contributed by atoms with Gasteiger partial charge < -0.3 is 5.11 Å². The molecular formula is C13H15ClF2O. The van der Waals surface area contributed by atoms with Gasteiger partial charge in [0.05, 0.1) is 6.10 Å². The van der Waals surface area contributed by atoms with Gasteiger partial charge in [0.2, 0.25) is 5.92 Å². The zero-order valence-corrected chi connectivity index (χ0v) is 10.1. The van der Waals surface area contributed by atoms with Crippen LogP contribution in [0.25, 0.3) is 0 Å². The van der Waals surface area contributed by atoms with Crippen molar-refractivity contribution in [3.8, 4) is 0 Å². The van der Waals surface area contributed by atoms with Crippen molar-refractivity contribution in [1.29, 1.82) is 0 Å². The van der Waals surface area contributed by atoms with E-state index in [4.69, 9.17) is 11.6 Å². The normalized spacial score (nSPS) is 22.4. The number of aliphatic hydroxyl groups is 1. The molecule has 1 nitrogen and oxygen atoms in total. The molecule has 0 saturated heterocycles. The standard InChI is InChI=1S/C13H15ClF2O/c14-11-4-2-1-3-10(11)12(17)9-5-7-13(15,16)8-6-9/h1-4,9,12,17H,5-8H2. The Morgan fingerprint density at radius 3 is 2.41 bits per heavy atom. The molecule has 17 heavy (non-hydrogen) atoms. The molecule has 1 aliphatic carbocycles. The van der Waals surface area contributed by atoms with Crippen molar-refractivity contribution in [1.82, 2.24) is 0 Å². The Balaban J connectivity index is 2.07. The third-order valence-corrected chi connectivity index (χ3v) is 3.78. The van der Waals surface area contributed by atoms with Crippen LogP contribution in [0.5, 0.6) is 0 Å². The van der Waals surface area contributed by atoms with Crippen LogP contribution in [0.2, 0.25) is 5.02 Å². The van der Waals surface area contributed by atoms with Gasteiger partial charge in [-0.1, -0.05) is 29.8 Å². The smallest absolute Gasteiger partial charge is 0.248 e. The van der Waals surface area contributed by atoms with E-state index < -0.39 is 12.0 Å². The largest absolute Gasteiger partial charge is 0.388 e. The summed E-state index contributed by atoms with van der Waals surface area (Å²) in [5.41, 5.74) is 0.643. The van der Waals surface area contributed by atoms with E-state index in [1.807, 2.05) is 0 Å². The van der Waals surface area contributed by atoms with Gasteiger partial charge in [0, 0.05) is 17.9 Å². The Labute approximate surface area is 104 Å². The third-order valence-electron chi connectivity index (χ3n) is 3.43. The second-order valence-corrected chi connectivity index (χ2v) is 5.07. The summed E-state index contributed by atoms with van der Waals surface area (Å²) >= 11 is 5.99. The summed E-state index contributed by atoms with van der Waals surface area (Å²) in [7, 11) is 0. The number of halogens is 3. The summed E-state index contributed by atoms with van der Waals surface area (Å²) in [4.78, 5) is 0. The van der Waals surface area contributed by atoms with E-state index >= 15 is 0 Å². The lowest BCUT2D eigenvalue weighted by Crippen LogP contribution is -2.27. The molecule has 0 amide bonds. The van der Waals surface area contributed by atoms with Gasteiger partial charge >= 0.3 is 0 Å². The maximum Gasteiger partial charge on any atom is 0.248 e. The molecule has 1 unspecified atom stereocenters. The van der Waals surface area contributed by atoms with Crippen LogP contribution in [-0.4, -0.2) is 11.0 Å². The van der Waals surface area contributed by atoms with Crippen LogP contribution >= 0.6 is 11.6 Å². The molecule has 1 aromatic carbocycles. The minimum Gasteiger partial charge on any atom is -0.388 e. The minimum absolute atomic E-state index is 0.116. The summed E-state index contributed by atoms with van der Waals surface area (Å²) in [6.07, 6.45) is -0.322. The number of alkyl halides is 2. The number of hydrogen-bond acceptors (Lipinski definition) is 1. The minimum atomic E-state index is -2.56. The Bertz CT molecular complexity index is 385. The Kier molecular flexibility index (Phi) is 3.69. The van der Waals surface area contributed by atoms with Crippen LogP contribution in [0, 0.1) is 5.92 Å². The lowest BCUT2D eigenvalue weighted by atomic mass is 9.81. The molecule has 1 N–H and O–H groups in total. The molecule has 0 aromatic heterocycles. The van der Waals surface area contributed by atoms with Gasteiger partial charge in [0.25, 0.3) is 0 Å². The van der Waals surface area contributed by atoms with Crippen molar-refractivity contribution < 1.29 is 13.9 Å². The maximum absolute atomic E-state index is 13.0. The average Bonchev–Trinajstić information content (AvgIpc) is 2.29. The summed E-state index contributed by atoms with van der Waals surface area (Å²) in [6, 6.07) is 7.03. The topological polar surface area (TPSA) is 20.2 Å². The Morgan fingerprint density at radius 2 is 1.82 bits per heavy atom. The third kappa shape index (κ3) is 2.96. The first-order valence-corrected chi connectivity index (χ1v) is 6.18. The zero-order valence-electron chi connectivity index (χ0n) is 9.37. The first-order valence-electron chi connectivity index (χ1n) is 5.80. The summed E-state index contributed by atoms with van der Waals surface area (Å²) in [5.74, 6) is -2.68. The first kappa shape index (κ1) is 12.8. The molecule has 1 aliphatic rings. The number of rotatable bonds is 2. The van der Waals surface area contributed by atoms with E-state index in [1.165, 1.54) is 0 Å². The molecule has 0 radical (unpaired) electrons. The molecule has 0 heterocycles. The van der Waals surface area contributed by atoms with Crippen LogP contribution in [0.1, 0.15) is 37.4 Å². The van der Waals surface area contributed by atoms with Crippen molar-refractivity contribution in [3.05, 3.63) is 34.9 Å². The van der Waals surface area contributed by atoms with Gasteiger partial charge in [-0.05, 0) is 30.4 Å². The molecule has 0 spiro atoms. The zero-order chi connectivity index (χ0) is 12.5. The fourth-order valence-corrected chi connectivity index (χ4v) is 2.59. The van der Waals surface area contributed by atoms with Crippen molar-refractivity contribution >= 4 is 11.6 Å². The molecule has 2 rings (SSSR count). The van der Waals surface area contributed by atoms with Crippen LogP contribution in [0.3, 0.4) is 0 Å². The van der Waals surface area contributed by atoms with E-state index in [2.05, 4.69) is 0 Å². The Hall–Kier alpha value is -0.670. The van der Waals surface area contributed by atoms with Crippen molar-refractivity contribution in [2.24, 2.45) is 5.92 Å². The SMILES string of the molecule is OC(c1ccccc1Cl)C1CCC(F)(F)CC1. The van der Waals surface area contributed by atoms with Crippen LogP contribution < -0.4 is 0 Å². The predicted molar refractivity (Wildman–Crippen MR) is 63.3 cm³/mol. The Morgan fingerprint density at radius 1 is 1.24 bits per heavy atom. The second kappa shape index (κ2) is 4.91. The quantitative estimate of drug-likeness (QED) is 0.845. The lowest BCUT2D eigenvalue weighted by Gasteiger charge is -2.31. The molecule has 1 saturated carbocycles. The van der Waals surface area contributed by atoms with Gasteiger partial charge in [-0.15, -0.1) is 0 Å². The molecule has 1 fully saturated rings.